The fourth-order valence-electron chi connectivity index (χ4n) is 1.52. The third-order valence-corrected chi connectivity index (χ3v) is 2.37. The van der Waals surface area contributed by atoms with E-state index < -0.39 is 6.10 Å². The van der Waals surface area contributed by atoms with E-state index in [1.807, 2.05) is 6.92 Å². The van der Waals surface area contributed by atoms with Crippen molar-refractivity contribution in [2.75, 3.05) is 46.6 Å². The van der Waals surface area contributed by atoms with Crippen LogP contribution in [0, 0.1) is 0 Å². The standard InChI is InChI=1S/C10H19NO4/c1-3-14-6-4-11-5-7-15-9(8-11)10(12)13-2/h9H,3-8H2,1-2H3. The molecule has 0 aliphatic carbocycles. The first-order chi connectivity index (χ1) is 7.27. The summed E-state index contributed by atoms with van der Waals surface area (Å²) in [5, 5.41) is 0. The fraction of sp³-hybridized carbons (Fsp3) is 0.900. The van der Waals surface area contributed by atoms with Gasteiger partial charge in [0.2, 0.25) is 0 Å². The van der Waals surface area contributed by atoms with E-state index in [2.05, 4.69) is 9.64 Å². The van der Waals surface area contributed by atoms with Crippen molar-refractivity contribution < 1.29 is 19.0 Å². The number of rotatable bonds is 5. The van der Waals surface area contributed by atoms with Crippen molar-refractivity contribution in [2.24, 2.45) is 0 Å². The largest absolute Gasteiger partial charge is 0.467 e. The van der Waals surface area contributed by atoms with Gasteiger partial charge in [0.15, 0.2) is 6.10 Å². The highest BCUT2D eigenvalue weighted by Gasteiger charge is 2.26. The molecule has 1 atom stereocenters. The summed E-state index contributed by atoms with van der Waals surface area (Å²) in [7, 11) is 1.38. The molecule has 0 spiro atoms. The summed E-state index contributed by atoms with van der Waals surface area (Å²) < 4.78 is 15.2. The molecule has 0 radical (unpaired) electrons. The van der Waals surface area contributed by atoms with Gasteiger partial charge in [-0.2, -0.15) is 0 Å². The van der Waals surface area contributed by atoms with Gasteiger partial charge in [-0.3, -0.25) is 4.90 Å². The Morgan fingerprint density at radius 1 is 1.60 bits per heavy atom. The van der Waals surface area contributed by atoms with Crippen molar-refractivity contribution in [3.05, 3.63) is 0 Å². The van der Waals surface area contributed by atoms with Crippen molar-refractivity contribution in [3.8, 4) is 0 Å². The van der Waals surface area contributed by atoms with Gasteiger partial charge in [-0.1, -0.05) is 0 Å². The van der Waals surface area contributed by atoms with Crippen LogP contribution in [-0.2, 0) is 19.0 Å². The maximum absolute atomic E-state index is 11.2. The van der Waals surface area contributed by atoms with Gasteiger partial charge in [0.1, 0.15) is 0 Å². The Morgan fingerprint density at radius 3 is 3.07 bits per heavy atom. The van der Waals surface area contributed by atoms with Gasteiger partial charge in [0.25, 0.3) is 0 Å². The highest BCUT2D eigenvalue weighted by molar-refractivity contribution is 5.74. The minimum absolute atomic E-state index is 0.295. The Morgan fingerprint density at radius 2 is 2.40 bits per heavy atom. The van der Waals surface area contributed by atoms with Crippen LogP contribution < -0.4 is 0 Å². The van der Waals surface area contributed by atoms with Gasteiger partial charge >= 0.3 is 5.97 Å². The summed E-state index contributed by atoms with van der Waals surface area (Å²) in [5.41, 5.74) is 0. The molecule has 1 fully saturated rings. The fourth-order valence-corrected chi connectivity index (χ4v) is 1.52. The van der Waals surface area contributed by atoms with E-state index >= 15 is 0 Å². The monoisotopic (exact) mass is 217 g/mol. The number of hydrogen-bond acceptors (Lipinski definition) is 5. The van der Waals surface area contributed by atoms with Gasteiger partial charge in [-0.15, -0.1) is 0 Å². The van der Waals surface area contributed by atoms with Crippen LogP contribution in [0.1, 0.15) is 6.92 Å². The number of carbonyl (C=O) groups is 1. The third-order valence-electron chi connectivity index (χ3n) is 2.37. The minimum Gasteiger partial charge on any atom is -0.467 e. The summed E-state index contributed by atoms with van der Waals surface area (Å²) in [5.74, 6) is -0.295. The number of ether oxygens (including phenoxy) is 3. The first-order valence-electron chi connectivity index (χ1n) is 5.27. The molecule has 5 heteroatoms. The smallest absolute Gasteiger partial charge is 0.336 e. The number of esters is 1. The van der Waals surface area contributed by atoms with Gasteiger partial charge in [0, 0.05) is 26.2 Å². The van der Waals surface area contributed by atoms with Crippen LogP contribution >= 0.6 is 0 Å². The van der Waals surface area contributed by atoms with Crippen molar-refractivity contribution in [3.63, 3.8) is 0 Å². The molecule has 5 nitrogen and oxygen atoms in total. The lowest BCUT2D eigenvalue weighted by Crippen LogP contribution is -2.47. The molecule has 0 aromatic heterocycles. The second kappa shape index (κ2) is 6.76. The Bertz CT molecular complexity index is 198. The maximum atomic E-state index is 11.2. The molecule has 0 bridgehead atoms. The van der Waals surface area contributed by atoms with Crippen molar-refractivity contribution in [1.29, 1.82) is 0 Å². The lowest BCUT2D eigenvalue weighted by molar-refractivity contribution is -0.160. The lowest BCUT2D eigenvalue weighted by Gasteiger charge is -2.31. The van der Waals surface area contributed by atoms with E-state index in [-0.39, 0.29) is 5.97 Å². The van der Waals surface area contributed by atoms with E-state index in [1.165, 1.54) is 7.11 Å². The first kappa shape index (κ1) is 12.4. The summed E-state index contributed by atoms with van der Waals surface area (Å²) >= 11 is 0. The van der Waals surface area contributed by atoms with Gasteiger partial charge in [0.05, 0.1) is 20.3 Å². The predicted octanol–water partition coefficient (Wildman–Crippen LogP) is -0.103. The average Bonchev–Trinajstić information content (AvgIpc) is 2.29. The number of nitrogens with zero attached hydrogens (tertiary/aromatic N) is 1. The van der Waals surface area contributed by atoms with Gasteiger partial charge in [-0.05, 0) is 6.92 Å². The van der Waals surface area contributed by atoms with Crippen LogP contribution in [0.4, 0.5) is 0 Å². The Hall–Kier alpha value is -0.650. The first-order valence-corrected chi connectivity index (χ1v) is 5.27. The minimum atomic E-state index is -0.439. The van der Waals surface area contributed by atoms with Crippen LogP contribution in [-0.4, -0.2) is 63.5 Å². The second-order valence-electron chi connectivity index (χ2n) is 3.38. The van der Waals surface area contributed by atoms with E-state index in [9.17, 15) is 4.79 Å². The van der Waals surface area contributed by atoms with Crippen LogP contribution in [0.5, 0.6) is 0 Å². The molecule has 1 rings (SSSR count). The summed E-state index contributed by atoms with van der Waals surface area (Å²) in [6.45, 7) is 6.25. The summed E-state index contributed by atoms with van der Waals surface area (Å²) in [6, 6.07) is 0. The lowest BCUT2D eigenvalue weighted by atomic mass is 10.3. The van der Waals surface area contributed by atoms with Crippen LogP contribution in [0.15, 0.2) is 0 Å². The normalized spacial score (nSPS) is 22.7. The van der Waals surface area contributed by atoms with E-state index in [4.69, 9.17) is 9.47 Å². The predicted molar refractivity (Wildman–Crippen MR) is 54.7 cm³/mol. The highest BCUT2D eigenvalue weighted by atomic mass is 16.6. The van der Waals surface area contributed by atoms with Gasteiger partial charge in [-0.25, -0.2) is 4.79 Å². The van der Waals surface area contributed by atoms with Gasteiger partial charge < -0.3 is 14.2 Å². The zero-order valence-electron chi connectivity index (χ0n) is 9.40. The molecular weight excluding hydrogens is 198 g/mol. The molecule has 88 valence electrons. The average molecular weight is 217 g/mol. The van der Waals surface area contributed by atoms with E-state index in [0.717, 1.165) is 19.7 Å². The molecule has 1 heterocycles. The Balaban J connectivity index is 2.26. The van der Waals surface area contributed by atoms with E-state index in [0.29, 0.717) is 19.8 Å². The molecule has 0 saturated carbocycles. The molecule has 0 amide bonds. The third kappa shape index (κ3) is 4.15. The zero-order valence-corrected chi connectivity index (χ0v) is 9.40. The van der Waals surface area contributed by atoms with E-state index in [1.54, 1.807) is 0 Å². The molecular formula is C10H19NO4. The molecule has 1 aliphatic heterocycles. The molecule has 1 saturated heterocycles. The Kier molecular flexibility index (Phi) is 5.60. The SMILES string of the molecule is CCOCCN1CCOC(C(=O)OC)C1. The summed E-state index contributed by atoms with van der Waals surface area (Å²) in [4.78, 5) is 13.4. The maximum Gasteiger partial charge on any atom is 0.336 e. The van der Waals surface area contributed by atoms with Crippen LogP contribution in [0.25, 0.3) is 0 Å². The van der Waals surface area contributed by atoms with Crippen molar-refractivity contribution >= 4 is 5.97 Å². The number of carbonyl (C=O) groups excluding carboxylic acids is 1. The number of hydrogen-bond donors (Lipinski definition) is 0. The zero-order chi connectivity index (χ0) is 11.1. The summed E-state index contributed by atoms with van der Waals surface area (Å²) in [6.07, 6.45) is -0.439. The molecule has 15 heavy (non-hydrogen) atoms. The number of morpholine rings is 1. The highest BCUT2D eigenvalue weighted by Crippen LogP contribution is 2.06. The molecule has 0 aromatic carbocycles. The quantitative estimate of drug-likeness (QED) is 0.475. The number of methoxy groups -OCH3 is 1. The van der Waals surface area contributed by atoms with Crippen molar-refractivity contribution in [1.82, 2.24) is 4.90 Å². The topological polar surface area (TPSA) is 48.0 Å². The Labute approximate surface area is 90.3 Å². The second-order valence-corrected chi connectivity index (χ2v) is 3.38. The molecule has 0 N–H and O–H groups in total. The molecule has 1 aliphatic rings. The van der Waals surface area contributed by atoms with Crippen LogP contribution in [0.3, 0.4) is 0 Å². The van der Waals surface area contributed by atoms with Crippen molar-refractivity contribution in [2.45, 2.75) is 13.0 Å². The molecule has 0 aromatic rings. The van der Waals surface area contributed by atoms with Crippen LogP contribution in [0.2, 0.25) is 0 Å². The molecule has 1 unspecified atom stereocenters.